The van der Waals surface area contributed by atoms with Crippen LogP contribution in [-0.2, 0) is 4.84 Å². The number of aromatic amines is 1. The van der Waals surface area contributed by atoms with Crippen LogP contribution in [-0.4, -0.2) is 57.1 Å². The van der Waals surface area contributed by atoms with Gasteiger partial charge in [0.05, 0.1) is 19.9 Å². The van der Waals surface area contributed by atoms with E-state index in [0.717, 1.165) is 51.1 Å². The Kier molecular flexibility index (Phi) is 7.25. The number of nitrogens with one attached hydrogen (secondary N) is 1. The lowest BCUT2D eigenvalue weighted by Crippen LogP contribution is -2.19. The van der Waals surface area contributed by atoms with Crippen molar-refractivity contribution >= 4 is 16.6 Å². The average molecular weight is 510 g/mol. The second kappa shape index (κ2) is 10.9. The number of rotatable bonds is 9. The van der Waals surface area contributed by atoms with E-state index in [-0.39, 0.29) is 0 Å². The molecule has 194 valence electrons. The normalized spacial score (nSPS) is 13.6. The van der Waals surface area contributed by atoms with Gasteiger partial charge in [-0.3, -0.25) is 0 Å². The smallest absolute Gasteiger partial charge is 0.212 e. The summed E-state index contributed by atoms with van der Waals surface area (Å²) < 4.78 is 17.3. The highest BCUT2D eigenvalue weighted by Gasteiger charge is 2.32. The molecule has 0 spiro atoms. The molecule has 7 nitrogen and oxygen atoms in total. The molecule has 1 unspecified atom stereocenters. The summed E-state index contributed by atoms with van der Waals surface area (Å²) in [5.74, 6) is 8.15. The van der Waals surface area contributed by atoms with Crippen LogP contribution in [0.5, 0.6) is 17.2 Å². The fraction of sp³-hybridized carbons (Fsp3) is 0.258. The maximum absolute atomic E-state index is 6.13. The zero-order chi connectivity index (χ0) is 26.6. The molecule has 0 radical (unpaired) electrons. The number of hydrogen-bond donors (Lipinski definition) is 1. The molecule has 1 aromatic heterocycles. The van der Waals surface area contributed by atoms with Crippen LogP contribution in [0.4, 0.5) is 0 Å². The Labute approximate surface area is 223 Å². The number of benzene rings is 3. The topological polar surface area (TPSA) is 68.3 Å². The quantitative estimate of drug-likeness (QED) is 0.206. The van der Waals surface area contributed by atoms with Crippen molar-refractivity contribution in [2.45, 2.75) is 13.0 Å². The summed E-state index contributed by atoms with van der Waals surface area (Å²) in [7, 11) is 7.31. The Hall–Kier alpha value is -4.41. The lowest BCUT2D eigenvalue weighted by atomic mass is 10.1. The first kappa shape index (κ1) is 25.2. The summed E-state index contributed by atoms with van der Waals surface area (Å²) in [6, 6.07) is 19.9. The first-order chi connectivity index (χ1) is 18.5. The SMILES string of the molecule is CC#CC(O/N=C1/c2cc(OC)c(OC)cc2-c2[nH]c3ccc(OCCN(C)C)cc3c21)c1ccccc1. The summed E-state index contributed by atoms with van der Waals surface area (Å²) in [5, 5.41) is 5.72. The highest BCUT2D eigenvalue weighted by molar-refractivity contribution is 6.30. The van der Waals surface area contributed by atoms with Gasteiger partial charge < -0.3 is 28.9 Å². The van der Waals surface area contributed by atoms with E-state index in [4.69, 9.17) is 24.2 Å². The van der Waals surface area contributed by atoms with Gasteiger partial charge in [0.15, 0.2) is 11.5 Å². The molecular formula is C31H31N3O4. The van der Waals surface area contributed by atoms with Crippen LogP contribution in [0.25, 0.3) is 22.2 Å². The molecule has 38 heavy (non-hydrogen) atoms. The van der Waals surface area contributed by atoms with E-state index >= 15 is 0 Å². The first-order valence-electron chi connectivity index (χ1n) is 12.5. The molecule has 1 heterocycles. The van der Waals surface area contributed by atoms with E-state index in [1.807, 2.05) is 68.7 Å². The van der Waals surface area contributed by atoms with Gasteiger partial charge in [0, 0.05) is 39.7 Å². The molecule has 3 aromatic carbocycles. The van der Waals surface area contributed by atoms with Gasteiger partial charge in [-0.25, -0.2) is 0 Å². The van der Waals surface area contributed by atoms with Crippen LogP contribution in [0.1, 0.15) is 29.7 Å². The van der Waals surface area contributed by atoms with Gasteiger partial charge in [0.25, 0.3) is 0 Å². The van der Waals surface area contributed by atoms with Gasteiger partial charge >= 0.3 is 0 Å². The Morgan fingerprint density at radius 2 is 1.68 bits per heavy atom. The van der Waals surface area contributed by atoms with Crippen molar-refractivity contribution < 1.29 is 19.0 Å². The largest absolute Gasteiger partial charge is 0.493 e. The molecule has 7 heteroatoms. The molecule has 1 N–H and O–H groups in total. The van der Waals surface area contributed by atoms with Crippen LogP contribution in [0.2, 0.25) is 0 Å². The van der Waals surface area contributed by atoms with E-state index in [1.165, 1.54) is 0 Å². The van der Waals surface area contributed by atoms with Crippen LogP contribution >= 0.6 is 0 Å². The molecule has 0 saturated carbocycles. The number of oxime groups is 1. The summed E-state index contributed by atoms with van der Waals surface area (Å²) in [4.78, 5) is 11.8. The number of methoxy groups -OCH3 is 2. The van der Waals surface area contributed by atoms with Crippen molar-refractivity contribution in [2.24, 2.45) is 5.16 Å². The predicted octanol–water partition coefficient (Wildman–Crippen LogP) is 5.64. The van der Waals surface area contributed by atoms with Crippen LogP contribution in [0, 0.1) is 11.8 Å². The summed E-state index contributed by atoms with van der Waals surface area (Å²) >= 11 is 0. The Morgan fingerprint density at radius 3 is 2.37 bits per heavy atom. The molecule has 1 atom stereocenters. The summed E-state index contributed by atoms with van der Waals surface area (Å²) in [6.07, 6.45) is -0.503. The van der Waals surface area contributed by atoms with Crippen molar-refractivity contribution in [3.05, 3.63) is 77.4 Å². The summed E-state index contributed by atoms with van der Waals surface area (Å²) in [6.45, 7) is 3.22. The van der Waals surface area contributed by atoms with Crippen molar-refractivity contribution in [3.8, 4) is 40.3 Å². The van der Waals surface area contributed by atoms with Gasteiger partial charge in [-0.05, 0) is 51.4 Å². The number of hydrogen-bond acceptors (Lipinski definition) is 6. The second-order valence-electron chi connectivity index (χ2n) is 9.22. The fourth-order valence-electron chi connectivity index (χ4n) is 4.60. The minimum atomic E-state index is -0.503. The Balaban J connectivity index is 1.63. The molecular weight excluding hydrogens is 478 g/mol. The molecule has 1 aliphatic rings. The van der Waals surface area contributed by atoms with E-state index in [0.29, 0.717) is 23.8 Å². The lowest BCUT2D eigenvalue weighted by molar-refractivity contribution is 0.0999. The minimum Gasteiger partial charge on any atom is -0.493 e. The zero-order valence-corrected chi connectivity index (χ0v) is 22.3. The number of H-pyrrole nitrogens is 1. The first-order valence-corrected chi connectivity index (χ1v) is 12.5. The number of ether oxygens (including phenoxy) is 3. The molecule has 1 aliphatic carbocycles. The van der Waals surface area contributed by atoms with Crippen LogP contribution in [0.15, 0.2) is 65.8 Å². The molecule has 5 rings (SSSR count). The third-order valence-corrected chi connectivity index (χ3v) is 6.49. The van der Waals surface area contributed by atoms with E-state index in [9.17, 15) is 0 Å². The third kappa shape index (κ3) is 4.79. The van der Waals surface area contributed by atoms with Crippen LogP contribution in [0.3, 0.4) is 0 Å². The monoisotopic (exact) mass is 509 g/mol. The van der Waals surface area contributed by atoms with E-state index in [1.54, 1.807) is 21.1 Å². The maximum atomic E-state index is 6.13. The minimum absolute atomic E-state index is 0.503. The zero-order valence-electron chi connectivity index (χ0n) is 22.3. The van der Waals surface area contributed by atoms with Crippen molar-refractivity contribution in [1.82, 2.24) is 9.88 Å². The van der Waals surface area contributed by atoms with Gasteiger partial charge in [0.1, 0.15) is 18.1 Å². The van der Waals surface area contributed by atoms with Gasteiger partial charge in [0.2, 0.25) is 6.10 Å². The molecule has 0 saturated heterocycles. The highest BCUT2D eigenvalue weighted by Crippen LogP contribution is 2.46. The van der Waals surface area contributed by atoms with Gasteiger partial charge in [-0.2, -0.15) is 0 Å². The molecule has 0 bridgehead atoms. The standard InChI is InChI=1S/C31H31N3O4/c1-6-10-26(20-11-8-7-9-12-20)38-33-31-23-19-28(36-5)27(35-4)18-22(23)30-29(31)24-17-21(13-14-25(24)32-30)37-16-15-34(2)3/h7-9,11-14,17-19,26,32H,15-16H2,1-5H3/b33-31-. The van der Waals surface area contributed by atoms with Crippen LogP contribution < -0.4 is 14.2 Å². The van der Waals surface area contributed by atoms with Gasteiger partial charge in [-0.1, -0.05) is 41.4 Å². The molecule has 0 amide bonds. The number of likely N-dealkylation sites (N-methyl/N-ethyl adjacent to an activating group) is 1. The van der Waals surface area contributed by atoms with Gasteiger partial charge in [-0.15, -0.1) is 5.92 Å². The van der Waals surface area contributed by atoms with E-state index < -0.39 is 6.10 Å². The Morgan fingerprint density at radius 1 is 0.947 bits per heavy atom. The van der Waals surface area contributed by atoms with Crippen molar-refractivity contribution in [3.63, 3.8) is 0 Å². The molecule has 0 aliphatic heterocycles. The molecule has 4 aromatic rings. The second-order valence-corrected chi connectivity index (χ2v) is 9.22. The van der Waals surface area contributed by atoms with Crippen molar-refractivity contribution in [1.29, 1.82) is 0 Å². The maximum Gasteiger partial charge on any atom is 0.212 e. The Bertz CT molecular complexity index is 1540. The number of aromatic nitrogens is 1. The van der Waals surface area contributed by atoms with Crippen molar-refractivity contribution in [2.75, 3.05) is 41.5 Å². The predicted molar refractivity (Wildman–Crippen MR) is 150 cm³/mol. The lowest BCUT2D eigenvalue weighted by Gasteiger charge is -2.13. The average Bonchev–Trinajstić information content (AvgIpc) is 3.44. The summed E-state index contributed by atoms with van der Waals surface area (Å²) in [5.41, 5.74) is 6.36. The highest BCUT2D eigenvalue weighted by atomic mass is 16.6. The number of nitrogens with zero attached hydrogens (tertiary/aromatic N) is 2. The number of fused-ring (bicyclic) bond motifs is 5. The van der Waals surface area contributed by atoms with E-state index in [2.05, 4.69) is 27.8 Å². The third-order valence-electron chi connectivity index (χ3n) is 6.49. The molecule has 0 fully saturated rings. The fourth-order valence-corrected chi connectivity index (χ4v) is 4.60.